The molecule has 0 saturated carbocycles. The highest BCUT2D eigenvalue weighted by molar-refractivity contribution is 7.89. The van der Waals surface area contributed by atoms with Gasteiger partial charge in [-0.15, -0.1) is 0 Å². The lowest BCUT2D eigenvalue weighted by atomic mass is 9.99. The molecule has 2 amide bonds. The van der Waals surface area contributed by atoms with Gasteiger partial charge >= 0.3 is 12.0 Å². The molecule has 19 heavy (non-hydrogen) atoms. The van der Waals surface area contributed by atoms with Crippen molar-refractivity contribution < 1.29 is 27.9 Å². The van der Waals surface area contributed by atoms with E-state index in [4.69, 9.17) is 9.84 Å². The zero-order valence-electron chi connectivity index (χ0n) is 10.4. The van der Waals surface area contributed by atoms with E-state index in [1.165, 1.54) is 7.05 Å². The molecule has 9 nitrogen and oxygen atoms in total. The van der Waals surface area contributed by atoms with Gasteiger partial charge in [0.2, 0.25) is 10.0 Å². The largest absolute Gasteiger partial charge is 0.479 e. The molecule has 0 aromatic carbocycles. The maximum atomic E-state index is 11.5. The molecule has 0 spiro atoms. The van der Waals surface area contributed by atoms with Gasteiger partial charge < -0.3 is 20.5 Å². The van der Waals surface area contributed by atoms with Crippen LogP contribution in [0.4, 0.5) is 4.79 Å². The maximum Gasteiger partial charge on any atom is 0.332 e. The van der Waals surface area contributed by atoms with E-state index in [-0.39, 0.29) is 31.9 Å². The molecule has 110 valence electrons. The number of hydrogen-bond acceptors (Lipinski definition) is 5. The van der Waals surface area contributed by atoms with Crippen molar-refractivity contribution in [1.29, 1.82) is 0 Å². The third-order valence-corrected chi connectivity index (χ3v) is 4.11. The Bertz CT molecular complexity index is 443. The van der Waals surface area contributed by atoms with Crippen molar-refractivity contribution >= 4 is 22.0 Å². The normalized spacial score (nSPS) is 23.0. The molecule has 0 radical (unpaired) electrons. The van der Waals surface area contributed by atoms with Gasteiger partial charge in [0.15, 0.2) is 5.54 Å². The minimum Gasteiger partial charge on any atom is -0.479 e. The van der Waals surface area contributed by atoms with Crippen molar-refractivity contribution in [3.63, 3.8) is 0 Å². The van der Waals surface area contributed by atoms with Crippen molar-refractivity contribution in [1.82, 2.24) is 15.4 Å². The second-order valence-electron chi connectivity index (χ2n) is 4.09. The number of sulfonamides is 1. The number of nitrogens with one attached hydrogen (secondary N) is 3. The van der Waals surface area contributed by atoms with Crippen LogP contribution < -0.4 is 15.4 Å². The summed E-state index contributed by atoms with van der Waals surface area (Å²) < 4.78 is 29.3. The molecule has 4 N–H and O–H groups in total. The van der Waals surface area contributed by atoms with E-state index < -0.39 is 27.6 Å². The Labute approximate surface area is 110 Å². The van der Waals surface area contributed by atoms with Gasteiger partial charge in [0.05, 0.1) is 12.4 Å². The van der Waals surface area contributed by atoms with E-state index in [9.17, 15) is 18.0 Å². The molecule has 1 atom stereocenters. The Balaban J connectivity index is 2.44. The number of carboxylic acid groups (broad SMARTS) is 1. The summed E-state index contributed by atoms with van der Waals surface area (Å²) in [4.78, 5) is 22.6. The average Bonchev–Trinajstić information content (AvgIpc) is 2.78. The second kappa shape index (κ2) is 6.17. The fourth-order valence-electron chi connectivity index (χ4n) is 1.55. The molecular formula is C9H17N3O6S. The van der Waals surface area contributed by atoms with Gasteiger partial charge in [0.25, 0.3) is 0 Å². The zero-order chi connectivity index (χ0) is 14.5. The predicted molar refractivity (Wildman–Crippen MR) is 65.2 cm³/mol. The third-order valence-electron chi connectivity index (χ3n) is 2.75. The van der Waals surface area contributed by atoms with Crippen LogP contribution in [0.25, 0.3) is 0 Å². The molecule has 1 rings (SSSR count). The number of amides is 2. The lowest BCUT2D eigenvalue weighted by Crippen LogP contribution is -2.58. The van der Waals surface area contributed by atoms with Crippen LogP contribution in [0.2, 0.25) is 0 Å². The highest BCUT2D eigenvalue weighted by atomic mass is 32.2. The lowest BCUT2D eigenvalue weighted by Gasteiger charge is -2.23. The van der Waals surface area contributed by atoms with Crippen LogP contribution in [0.5, 0.6) is 0 Å². The molecule has 1 unspecified atom stereocenters. The minimum atomic E-state index is -3.41. The number of carboxylic acids is 1. The van der Waals surface area contributed by atoms with Crippen LogP contribution in [0.3, 0.4) is 0 Å². The van der Waals surface area contributed by atoms with E-state index in [0.717, 1.165) is 0 Å². The maximum absolute atomic E-state index is 11.5. The highest BCUT2D eigenvalue weighted by Crippen LogP contribution is 2.18. The van der Waals surface area contributed by atoms with E-state index in [2.05, 4.69) is 15.4 Å². The van der Waals surface area contributed by atoms with Crippen LogP contribution in [0.1, 0.15) is 6.42 Å². The molecule has 10 heteroatoms. The van der Waals surface area contributed by atoms with Gasteiger partial charge in [0.1, 0.15) is 0 Å². The summed E-state index contributed by atoms with van der Waals surface area (Å²) in [5.74, 6) is -1.46. The van der Waals surface area contributed by atoms with E-state index in [1.54, 1.807) is 0 Å². The van der Waals surface area contributed by atoms with Crippen LogP contribution in [0.15, 0.2) is 0 Å². The number of carbonyl (C=O) groups is 2. The molecule has 0 bridgehead atoms. The lowest BCUT2D eigenvalue weighted by molar-refractivity contribution is -0.144. The van der Waals surface area contributed by atoms with Crippen LogP contribution in [-0.4, -0.2) is 63.6 Å². The minimum absolute atomic E-state index is 0.107. The summed E-state index contributed by atoms with van der Waals surface area (Å²) in [6, 6.07) is -0.737. The van der Waals surface area contributed by atoms with Gasteiger partial charge in [-0.3, -0.25) is 0 Å². The Hall–Kier alpha value is -1.39. The summed E-state index contributed by atoms with van der Waals surface area (Å²) in [5.41, 5.74) is -1.44. The van der Waals surface area contributed by atoms with Gasteiger partial charge in [-0.25, -0.2) is 22.7 Å². The predicted octanol–water partition coefficient (Wildman–Crippen LogP) is -1.92. The first kappa shape index (κ1) is 15.7. The van der Waals surface area contributed by atoms with Gasteiger partial charge in [-0.1, -0.05) is 0 Å². The van der Waals surface area contributed by atoms with Crippen molar-refractivity contribution in [3.8, 4) is 0 Å². The number of rotatable bonds is 6. The molecule has 1 aliphatic heterocycles. The van der Waals surface area contributed by atoms with Crippen molar-refractivity contribution in [2.75, 3.05) is 32.6 Å². The summed E-state index contributed by atoms with van der Waals surface area (Å²) >= 11 is 0. The fourth-order valence-corrected chi connectivity index (χ4v) is 2.12. The molecule has 1 aliphatic rings. The van der Waals surface area contributed by atoms with Crippen LogP contribution >= 0.6 is 0 Å². The van der Waals surface area contributed by atoms with E-state index in [1.807, 2.05) is 0 Å². The van der Waals surface area contributed by atoms with Crippen molar-refractivity contribution in [2.24, 2.45) is 0 Å². The summed E-state index contributed by atoms with van der Waals surface area (Å²) in [6.07, 6.45) is 0.171. The fraction of sp³-hybridized carbons (Fsp3) is 0.778. The van der Waals surface area contributed by atoms with Crippen LogP contribution in [0, 0.1) is 0 Å². The number of urea groups is 1. The standard InChI is InChI=1S/C9H17N3O6S/c1-10-19(16,17)5-3-11-8(15)12-9(7(13)14)2-4-18-6-9/h10H,2-6H2,1H3,(H,13,14)(H2,11,12,15). The average molecular weight is 295 g/mol. The molecular weight excluding hydrogens is 278 g/mol. The third kappa shape index (κ3) is 4.33. The topological polar surface area (TPSA) is 134 Å². The SMILES string of the molecule is CNS(=O)(=O)CCNC(=O)NC1(C(=O)O)CCOC1. The summed E-state index contributed by atoms with van der Waals surface area (Å²) in [6.45, 7) is 0.0246. The zero-order valence-corrected chi connectivity index (χ0v) is 11.2. The highest BCUT2D eigenvalue weighted by Gasteiger charge is 2.43. The van der Waals surface area contributed by atoms with Crippen molar-refractivity contribution in [2.45, 2.75) is 12.0 Å². The molecule has 1 heterocycles. The summed E-state index contributed by atoms with van der Waals surface area (Å²) in [5, 5.41) is 13.7. The second-order valence-corrected chi connectivity index (χ2v) is 6.14. The molecule has 0 aromatic rings. The Morgan fingerprint density at radius 1 is 1.42 bits per heavy atom. The Kier molecular flexibility index (Phi) is 5.09. The van der Waals surface area contributed by atoms with E-state index >= 15 is 0 Å². The van der Waals surface area contributed by atoms with Crippen molar-refractivity contribution in [3.05, 3.63) is 0 Å². The number of ether oxygens (including phenoxy) is 1. The first-order valence-electron chi connectivity index (χ1n) is 5.60. The molecule has 1 saturated heterocycles. The first-order chi connectivity index (χ1) is 8.81. The Morgan fingerprint density at radius 2 is 2.11 bits per heavy atom. The van der Waals surface area contributed by atoms with E-state index in [0.29, 0.717) is 0 Å². The van der Waals surface area contributed by atoms with Gasteiger partial charge in [-0.2, -0.15) is 0 Å². The first-order valence-corrected chi connectivity index (χ1v) is 7.25. The van der Waals surface area contributed by atoms with Gasteiger partial charge in [0, 0.05) is 19.6 Å². The quantitative estimate of drug-likeness (QED) is 0.451. The molecule has 0 aromatic heterocycles. The van der Waals surface area contributed by atoms with Crippen LogP contribution in [-0.2, 0) is 19.6 Å². The molecule has 0 aliphatic carbocycles. The smallest absolute Gasteiger partial charge is 0.332 e. The number of carbonyl (C=O) groups excluding carboxylic acids is 1. The monoisotopic (exact) mass is 295 g/mol. The number of hydrogen-bond donors (Lipinski definition) is 4. The number of aliphatic carboxylic acids is 1. The Morgan fingerprint density at radius 3 is 2.58 bits per heavy atom. The summed E-state index contributed by atoms with van der Waals surface area (Å²) in [7, 11) is -2.14. The molecule has 1 fully saturated rings. The van der Waals surface area contributed by atoms with Gasteiger partial charge in [-0.05, 0) is 7.05 Å².